The van der Waals surface area contributed by atoms with E-state index in [1.54, 1.807) is 0 Å². The fourth-order valence-corrected chi connectivity index (χ4v) is 2.14. The lowest BCUT2D eigenvalue weighted by Crippen LogP contribution is -2.49. The average Bonchev–Trinajstić information content (AvgIpc) is 2.16. The highest BCUT2D eigenvalue weighted by atomic mass is 16.3. The minimum atomic E-state index is -0.228. The fourth-order valence-electron chi connectivity index (χ4n) is 2.14. The van der Waals surface area contributed by atoms with Gasteiger partial charge in [-0.2, -0.15) is 0 Å². The largest absolute Gasteiger partial charge is 0.391 e. The molecule has 0 aromatic carbocycles. The second-order valence-corrected chi connectivity index (χ2v) is 6.40. The van der Waals surface area contributed by atoms with Crippen LogP contribution in [0, 0.1) is 5.41 Å². The summed E-state index contributed by atoms with van der Waals surface area (Å²) >= 11 is 0. The summed E-state index contributed by atoms with van der Waals surface area (Å²) in [6, 6.07) is 0.654. The number of likely N-dealkylation sites (N-methyl/N-ethyl adjacent to an activating group) is 1. The van der Waals surface area contributed by atoms with E-state index >= 15 is 0 Å². The second kappa shape index (κ2) is 5.48. The molecule has 16 heavy (non-hydrogen) atoms. The topological polar surface area (TPSA) is 26.7 Å². The van der Waals surface area contributed by atoms with Crippen LogP contribution >= 0.6 is 0 Å². The lowest BCUT2D eigenvalue weighted by atomic mass is 9.88. The van der Waals surface area contributed by atoms with E-state index < -0.39 is 0 Å². The second-order valence-electron chi connectivity index (χ2n) is 6.40. The van der Waals surface area contributed by atoms with Crippen molar-refractivity contribution in [3.05, 3.63) is 0 Å². The van der Waals surface area contributed by atoms with Crippen LogP contribution in [0.25, 0.3) is 0 Å². The molecule has 2 atom stereocenters. The number of β-amino-alcohol motifs (C(OH)–C–C–N with tert-alkyl or cyclic N) is 1. The Balaban J connectivity index is 2.43. The van der Waals surface area contributed by atoms with E-state index in [2.05, 4.69) is 44.7 Å². The van der Waals surface area contributed by atoms with E-state index in [1.807, 2.05) is 0 Å². The summed E-state index contributed by atoms with van der Waals surface area (Å²) in [4.78, 5) is 4.71. The van der Waals surface area contributed by atoms with Crippen LogP contribution in [-0.4, -0.2) is 60.8 Å². The smallest absolute Gasteiger partial charge is 0.0715 e. The van der Waals surface area contributed by atoms with Gasteiger partial charge in [0.25, 0.3) is 0 Å². The van der Waals surface area contributed by atoms with E-state index in [1.165, 1.54) is 12.8 Å². The molecule has 1 saturated heterocycles. The molecule has 0 aliphatic carbocycles. The van der Waals surface area contributed by atoms with Crippen molar-refractivity contribution in [1.29, 1.82) is 0 Å². The van der Waals surface area contributed by atoms with Crippen molar-refractivity contribution < 1.29 is 5.11 Å². The third-order valence-electron chi connectivity index (χ3n) is 3.64. The number of hydrogen-bond acceptors (Lipinski definition) is 3. The van der Waals surface area contributed by atoms with Gasteiger partial charge < -0.3 is 10.0 Å². The SMILES string of the molecule is CN(C)C1CCCN(CC(O)C(C)(C)C)C1. The van der Waals surface area contributed by atoms with Crippen LogP contribution < -0.4 is 0 Å². The van der Waals surface area contributed by atoms with Gasteiger partial charge in [-0.25, -0.2) is 0 Å². The maximum atomic E-state index is 10.1. The molecular formula is C13H28N2O. The summed E-state index contributed by atoms with van der Waals surface area (Å²) < 4.78 is 0. The molecule has 0 bridgehead atoms. The molecule has 0 saturated carbocycles. The third-order valence-corrected chi connectivity index (χ3v) is 3.64. The molecule has 1 rings (SSSR count). The minimum absolute atomic E-state index is 0.00887. The quantitative estimate of drug-likeness (QED) is 0.791. The van der Waals surface area contributed by atoms with Gasteiger partial charge in [-0.15, -0.1) is 0 Å². The van der Waals surface area contributed by atoms with Crippen molar-refractivity contribution in [1.82, 2.24) is 9.80 Å². The highest BCUT2D eigenvalue weighted by molar-refractivity contribution is 4.82. The predicted molar refractivity (Wildman–Crippen MR) is 68.6 cm³/mol. The van der Waals surface area contributed by atoms with Crippen molar-refractivity contribution in [2.75, 3.05) is 33.7 Å². The Labute approximate surface area is 100 Å². The predicted octanol–water partition coefficient (Wildman–Crippen LogP) is 1.42. The zero-order valence-electron chi connectivity index (χ0n) is 11.5. The van der Waals surface area contributed by atoms with Gasteiger partial charge >= 0.3 is 0 Å². The molecule has 2 unspecified atom stereocenters. The number of hydrogen-bond donors (Lipinski definition) is 1. The van der Waals surface area contributed by atoms with Crippen molar-refractivity contribution in [2.24, 2.45) is 5.41 Å². The first-order chi connectivity index (χ1) is 7.30. The Morgan fingerprint density at radius 2 is 2.00 bits per heavy atom. The summed E-state index contributed by atoms with van der Waals surface area (Å²) in [5.41, 5.74) is -0.00887. The van der Waals surface area contributed by atoms with Gasteiger partial charge in [0.1, 0.15) is 0 Å². The van der Waals surface area contributed by atoms with Crippen LogP contribution in [-0.2, 0) is 0 Å². The maximum Gasteiger partial charge on any atom is 0.0715 e. The van der Waals surface area contributed by atoms with E-state index in [0.29, 0.717) is 6.04 Å². The summed E-state index contributed by atoms with van der Waals surface area (Å²) in [6.07, 6.45) is 2.31. The Morgan fingerprint density at radius 1 is 1.38 bits per heavy atom. The number of nitrogens with zero attached hydrogens (tertiary/aromatic N) is 2. The van der Waals surface area contributed by atoms with Gasteiger partial charge in [0.05, 0.1) is 6.10 Å². The monoisotopic (exact) mass is 228 g/mol. The van der Waals surface area contributed by atoms with Crippen LogP contribution in [0.3, 0.4) is 0 Å². The van der Waals surface area contributed by atoms with Gasteiger partial charge in [-0.3, -0.25) is 4.90 Å². The number of rotatable bonds is 3. The first kappa shape index (κ1) is 13.9. The van der Waals surface area contributed by atoms with E-state index in [0.717, 1.165) is 19.6 Å². The first-order valence-electron chi connectivity index (χ1n) is 6.37. The molecular weight excluding hydrogens is 200 g/mol. The van der Waals surface area contributed by atoms with Crippen LogP contribution in [0.2, 0.25) is 0 Å². The van der Waals surface area contributed by atoms with E-state index in [9.17, 15) is 5.11 Å². The standard InChI is InChI=1S/C13H28N2O/c1-13(2,3)12(16)10-15-8-6-7-11(9-15)14(4)5/h11-12,16H,6-10H2,1-5H3. The van der Waals surface area contributed by atoms with E-state index in [4.69, 9.17) is 0 Å². The Morgan fingerprint density at radius 3 is 2.50 bits per heavy atom. The summed E-state index contributed by atoms with van der Waals surface area (Å²) in [5, 5.41) is 10.1. The highest BCUT2D eigenvalue weighted by Crippen LogP contribution is 2.22. The summed E-state index contributed by atoms with van der Waals surface area (Å²) in [7, 11) is 4.29. The molecule has 1 heterocycles. The molecule has 0 spiro atoms. The number of aliphatic hydroxyl groups excluding tert-OH is 1. The third kappa shape index (κ3) is 4.04. The number of piperidine rings is 1. The molecule has 3 nitrogen and oxygen atoms in total. The normalized spacial score (nSPS) is 26.1. The van der Waals surface area contributed by atoms with Crippen LogP contribution in [0.4, 0.5) is 0 Å². The molecule has 1 N–H and O–H groups in total. The molecule has 1 aliphatic rings. The molecule has 0 aromatic heterocycles. The lowest BCUT2D eigenvalue weighted by Gasteiger charge is -2.39. The maximum absolute atomic E-state index is 10.1. The first-order valence-corrected chi connectivity index (χ1v) is 6.37. The minimum Gasteiger partial charge on any atom is -0.391 e. The Bertz CT molecular complexity index is 210. The molecule has 0 aromatic rings. The van der Waals surface area contributed by atoms with Gasteiger partial charge in [0.2, 0.25) is 0 Å². The van der Waals surface area contributed by atoms with Gasteiger partial charge in [-0.05, 0) is 38.9 Å². The van der Waals surface area contributed by atoms with Gasteiger partial charge in [0, 0.05) is 19.1 Å². The van der Waals surface area contributed by atoms with Crippen LogP contribution in [0.15, 0.2) is 0 Å². The molecule has 3 heteroatoms. The van der Waals surface area contributed by atoms with Crippen molar-refractivity contribution >= 4 is 0 Å². The number of likely N-dealkylation sites (tertiary alicyclic amines) is 1. The number of aliphatic hydroxyl groups is 1. The fraction of sp³-hybridized carbons (Fsp3) is 1.00. The summed E-state index contributed by atoms with van der Waals surface area (Å²) in [5.74, 6) is 0. The van der Waals surface area contributed by atoms with E-state index in [-0.39, 0.29) is 11.5 Å². The van der Waals surface area contributed by atoms with Crippen LogP contribution in [0.1, 0.15) is 33.6 Å². The van der Waals surface area contributed by atoms with Gasteiger partial charge in [-0.1, -0.05) is 20.8 Å². The zero-order chi connectivity index (χ0) is 12.3. The van der Waals surface area contributed by atoms with Gasteiger partial charge in [0.15, 0.2) is 0 Å². The van der Waals surface area contributed by atoms with Crippen LogP contribution in [0.5, 0.6) is 0 Å². The Hall–Kier alpha value is -0.120. The molecule has 0 radical (unpaired) electrons. The summed E-state index contributed by atoms with van der Waals surface area (Å²) in [6.45, 7) is 9.35. The molecule has 96 valence electrons. The Kier molecular flexibility index (Phi) is 4.77. The highest BCUT2D eigenvalue weighted by Gasteiger charge is 2.27. The molecule has 0 amide bonds. The average molecular weight is 228 g/mol. The molecule has 1 fully saturated rings. The van der Waals surface area contributed by atoms with Crippen molar-refractivity contribution in [2.45, 2.75) is 45.8 Å². The molecule has 1 aliphatic heterocycles. The zero-order valence-corrected chi connectivity index (χ0v) is 11.5. The van der Waals surface area contributed by atoms with Crippen molar-refractivity contribution in [3.63, 3.8) is 0 Å². The van der Waals surface area contributed by atoms with Crippen molar-refractivity contribution in [3.8, 4) is 0 Å². The lowest BCUT2D eigenvalue weighted by molar-refractivity contribution is 0.0129.